The molecule has 0 amide bonds. The molecule has 0 saturated carbocycles. The van der Waals surface area contributed by atoms with E-state index in [2.05, 4.69) is 19.5 Å². The average molecular weight is 439 g/mol. The number of imidazole rings is 1. The largest absolute Gasteiger partial charge is 0.687 e. The van der Waals surface area contributed by atoms with E-state index in [1.165, 1.54) is 0 Å². The topological polar surface area (TPSA) is 255 Å². The Kier molecular flexibility index (Phi) is 5.59. The molecule has 1 unspecified atom stereocenters. The number of nitrogens with zero attached hydrogens (tertiary/aromatic N) is 3. The molecule has 1 aliphatic rings. The first kappa shape index (κ1) is 21.2. The Hall–Kier alpha value is -1.51. The van der Waals surface area contributed by atoms with Crippen molar-refractivity contribution < 1.29 is 43.6 Å². The van der Waals surface area contributed by atoms with Crippen LogP contribution in [0.25, 0.3) is 11.2 Å². The van der Waals surface area contributed by atoms with Crippen LogP contribution in [-0.4, -0.2) is 65.4 Å². The number of H-pyrrole nitrogens is 1. The van der Waals surface area contributed by atoms with Crippen LogP contribution in [0.1, 0.15) is 6.23 Å². The summed E-state index contributed by atoms with van der Waals surface area (Å²) in [4.78, 5) is 63.0. The summed E-state index contributed by atoms with van der Waals surface area (Å²) < 4.78 is 22.7. The summed E-state index contributed by atoms with van der Waals surface area (Å²) >= 11 is 0. The minimum absolute atomic E-state index is 0.0504. The third-order valence-electron chi connectivity index (χ3n) is 3.85. The van der Waals surface area contributed by atoms with Gasteiger partial charge >= 0.3 is 7.60 Å². The predicted molar refractivity (Wildman–Crippen MR) is 86.0 cm³/mol. The third-order valence-corrected chi connectivity index (χ3v) is 7.22. The van der Waals surface area contributed by atoms with Gasteiger partial charge in [-0.05, 0) is 0 Å². The van der Waals surface area contributed by atoms with Crippen molar-refractivity contribution in [3.63, 3.8) is 0 Å². The molecule has 6 N–H and O–H groups in total. The minimum Gasteiger partial charge on any atom is -0.687 e. The van der Waals surface area contributed by atoms with Crippen molar-refractivity contribution in [3.05, 3.63) is 16.7 Å². The first-order valence-corrected chi connectivity index (χ1v) is 11.1. The molecule has 0 aromatic carbocycles. The van der Waals surface area contributed by atoms with Gasteiger partial charge in [0.25, 0.3) is 5.56 Å². The van der Waals surface area contributed by atoms with E-state index in [4.69, 9.17) is 10.5 Å². The Morgan fingerprint density at radius 1 is 1.39 bits per heavy atom. The first-order chi connectivity index (χ1) is 12.9. The van der Waals surface area contributed by atoms with Gasteiger partial charge in [0.1, 0.15) is 24.2 Å². The number of hydrogen-bond acceptors (Lipinski definition) is 12. The van der Waals surface area contributed by atoms with Crippen LogP contribution in [0.5, 0.6) is 0 Å². The summed E-state index contributed by atoms with van der Waals surface area (Å²) in [6.07, 6.45) is -4.77. The quantitative estimate of drug-likeness (QED) is 0.266. The molecule has 1 fully saturated rings. The van der Waals surface area contributed by atoms with Gasteiger partial charge in [-0.1, -0.05) is 0 Å². The van der Waals surface area contributed by atoms with Crippen LogP contribution < -0.4 is 26.0 Å². The summed E-state index contributed by atoms with van der Waals surface area (Å²) in [5.41, 5.74) is 4.67. The Bertz CT molecular complexity index is 973. The monoisotopic (exact) mass is 439 g/mol. The fourth-order valence-electron chi connectivity index (χ4n) is 2.68. The molecule has 15 nitrogen and oxygen atoms in total. The predicted octanol–water partition coefficient (Wildman–Crippen LogP) is -4.68. The van der Waals surface area contributed by atoms with E-state index >= 15 is 0 Å². The lowest BCUT2D eigenvalue weighted by Gasteiger charge is -2.42. The second-order valence-corrected chi connectivity index (χ2v) is 9.89. The number of aromatic amines is 1. The third kappa shape index (κ3) is 4.39. The first-order valence-electron chi connectivity index (χ1n) is 7.59. The maximum absolute atomic E-state index is 11.8. The molecule has 0 aliphatic carbocycles. The molecular formula is C11H15N5O10P2-2. The van der Waals surface area contributed by atoms with Gasteiger partial charge in [-0.25, -0.2) is 4.98 Å². The zero-order valence-corrected chi connectivity index (χ0v) is 15.6. The summed E-state index contributed by atoms with van der Waals surface area (Å²) in [7, 11) is -10.1. The summed E-state index contributed by atoms with van der Waals surface area (Å²) in [5.74, 6) is -1.86. The summed E-state index contributed by atoms with van der Waals surface area (Å²) in [6.45, 7) is -0.800. The lowest BCUT2D eigenvalue weighted by Crippen LogP contribution is -2.36. The standard InChI is InChI=1S/C11H17N5O10P2/c12-11-14-8-5(9(19)15-11)13-2-16(8)10-7(18)6(17)4(26-10)1-25-28(23,24)3-27(20,21)22/h2,4,6-7,10,17-18H,1,3H2,(H,23,24)(H2,20,21,22)(H3,12,14,15,19)/p-2/t4-,6-,7-,10-/m1/s1. The van der Waals surface area contributed by atoms with E-state index in [1.54, 1.807) is 0 Å². The van der Waals surface area contributed by atoms with Crippen LogP contribution in [0.15, 0.2) is 11.1 Å². The average Bonchev–Trinajstić information content (AvgIpc) is 3.06. The molecule has 17 heteroatoms. The van der Waals surface area contributed by atoms with Crippen molar-refractivity contribution in [2.45, 2.75) is 24.5 Å². The molecule has 1 aliphatic heterocycles. The molecule has 2 aromatic rings. The van der Waals surface area contributed by atoms with E-state index < -0.39 is 58.1 Å². The van der Waals surface area contributed by atoms with E-state index in [0.29, 0.717) is 0 Å². The number of anilines is 1. The highest BCUT2D eigenvalue weighted by Gasteiger charge is 2.45. The van der Waals surface area contributed by atoms with Gasteiger partial charge in [0.2, 0.25) is 5.95 Å². The molecule has 5 atom stereocenters. The molecule has 3 heterocycles. The van der Waals surface area contributed by atoms with Gasteiger partial charge in [-0.2, -0.15) is 12.9 Å². The van der Waals surface area contributed by atoms with Crippen molar-refractivity contribution in [1.82, 2.24) is 19.5 Å². The molecule has 1 saturated heterocycles. The number of hydrogen-bond donors (Lipinski definition) is 5. The fourth-order valence-corrected chi connectivity index (χ4v) is 5.13. The number of aromatic nitrogens is 4. The van der Waals surface area contributed by atoms with Crippen molar-refractivity contribution in [2.24, 2.45) is 0 Å². The molecule has 0 spiro atoms. The maximum Gasteiger partial charge on any atom is 0.363 e. The van der Waals surface area contributed by atoms with Gasteiger partial charge in [0, 0.05) is 0 Å². The number of ether oxygens (including phenoxy) is 1. The van der Waals surface area contributed by atoms with E-state index in [0.717, 1.165) is 10.9 Å². The lowest BCUT2D eigenvalue weighted by molar-refractivity contribution is -0.426. The van der Waals surface area contributed by atoms with Crippen molar-refractivity contribution >= 4 is 32.7 Å². The van der Waals surface area contributed by atoms with Gasteiger partial charge in [-0.3, -0.25) is 18.9 Å². The normalized spacial score (nSPS) is 27.9. The SMILES string of the molecule is Nc1nc2c(ncn2[C@@H]2O[C@H](COP(=O)(O)C[P+]([O-])([O-])[O-])[C@@H](O)[C@H]2O)c(=O)[nH]1. The number of nitrogen functional groups attached to an aromatic ring is 1. The molecule has 0 radical (unpaired) electrons. The summed E-state index contributed by atoms with van der Waals surface area (Å²) in [5, 5.41) is 20.3. The van der Waals surface area contributed by atoms with Crippen molar-refractivity contribution in [1.29, 1.82) is 0 Å². The maximum atomic E-state index is 11.8. The Balaban J connectivity index is 1.78. The highest BCUT2D eigenvalue weighted by molar-refractivity contribution is 7.71. The Labute approximate surface area is 156 Å². The summed E-state index contributed by atoms with van der Waals surface area (Å²) in [6, 6.07) is 0. The number of aliphatic hydroxyl groups excluding tert-OH is 2. The zero-order valence-electron chi connectivity index (χ0n) is 13.8. The molecular weight excluding hydrogens is 424 g/mol. The van der Waals surface area contributed by atoms with Crippen LogP contribution in [-0.2, 0) is 13.8 Å². The van der Waals surface area contributed by atoms with Gasteiger partial charge in [0.05, 0.1) is 12.9 Å². The van der Waals surface area contributed by atoms with Crippen LogP contribution in [0.2, 0.25) is 0 Å². The second-order valence-electron chi connectivity index (χ2n) is 6.01. The highest BCUT2D eigenvalue weighted by Crippen LogP contribution is 2.53. The molecule has 3 rings (SSSR count). The molecule has 156 valence electrons. The second kappa shape index (κ2) is 7.39. The lowest BCUT2D eigenvalue weighted by atomic mass is 10.1. The van der Waals surface area contributed by atoms with Crippen LogP contribution in [0, 0.1) is 0 Å². The van der Waals surface area contributed by atoms with E-state index in [-0.39, 0.29) is 17.1 Å². The number of nitrogens with one attached hydrogen (secondary N) is 1. The Morgan fingerprint density at radius 2 is 2.07 bits per heavy atom. The number of nitrogens with two attached hydrogens (primary N) is 1. The van der Waals surface area contributed by atoms with Gasteiger partial charge in [-0.15, -0.1) is 0 Å². The van der Waals surface area contributed by atoms with Gasteiger partial charge < -0.3 is 44.8 Å². The highest BCUT2D eigenvalue weighted by atomic mass is 31.3. The number of rotatable bonds is 6. The number of fused-ring (bicyclic) bond motifs is 1. The fraction of sp³-hybridized carbons (Fsp3) is 0.545. The molecule has 28 heavy (non-hydrogen) atoms. The van der Waals surface area contributed by atoms with Crippen LogP contribution >= 0.6 is 15.5 Å². The molecule has 2 aromatic heterocycles. The van der Waals surface area contributed by atoms with E-state index in [1.807, 2.05) is 0 Å². The Morgan fingerprint density at radius 3 is 2.71 bits per heavy atom. The zero-order chi connectivity index (χ0) is 20.9. The van der Waals surface area contributed by atoms with E-state index in [9.17, 15) is 39.1 Å². The van der Waals surface area contributed by atoms with Crippen molar-refractivity contribution in [2.75, 3.05) is 18.2 Å². The number of aliphatic hydroxyl groups is 2. The van der Waals surface area contributed by atoms with Gasteiger partial charge in [0.15, 0.2) is 17.4 Å². The minimum atomic E-state index is -5.32. The van der Waals surface area contributed by atoms with Crippen molar-refractivity contribution in [3.8, 4) is 0 Å². The smallest absolute Gasteiger partial charge is 0.363 e. The van der Waals surface area contributed by atoms with Crippen LogP contribution in [0.4, 0.5) is 5.95 Å². The molecule has 0 bridgehead atoms. The van der Waals surface area contributed by atoms with Crippen LogP contribution in [0.3, 0.4) is 0 Å².